The second-order valence-corrected chi connectivity index (χ2v) is 8.70. The summed E-state index contributed by atoms with van der Waals surface area (Å²) in [5.41, 5.74) is 1.26. The van der Waals surface area contributed by atoms with Crippen LogP contribution in [-0.4, -0.2) is 48.4 Å². The van der Waals surface area contributed by atoms with Gasteiger partial charge in [0.05, 0.1) is 12.7 Å². The van der Waals surface area contributed by atoms with E-state index >= 15 is 0 Å². The number of ether oxygens (including phenoxy) is 3. The fourth-order valence-electron chi connectivity index (χ4n) is 3.43. The molecule has 0 saturated carbocycles. The smallest absolute Gasteiger partial charge is 0.410 e. The zero-order valence-corrected chi connectivity index (χ0v) is 18.3. The number of hydrogen-bond donors (Lipinski definition) is 0. The first kappa shape index (κ1) is 20.7. The van der Waals surface area contributed by atoms with E-state index in [1.807, 2.05) is 39.0 Å². The van der Waals surface area contributed by atoms with E-state index in [0.717, 1.165) is 16.9 Å². The fourth-order valence-corrected chi connectivity index (χ4v) is 3.89. The summed E-state index contributed by atoms with van der Waals surface area (Å²) < 4.78 is 16.7. The molecule has 1 saturated heterocycles. The molecule has 7 heteroatoms. The molecule has 2 aliphatic rings. The third-order valence-corrected chi connectivity index (χ3v) is 5.53. The topological polar surface area (TPSA) is 65.1 Å². The minimum atomic E-state index is -0.504. The molecule has 1 amide bonds. The molecule has 0 unspecified atom stereocenters. The van der Waals surface area contributed by atoms with Gasteiger partial charge < -0.3 is 19.1 Å². The van der Waals surface area contributed by atoms with E-state index in [0.29, 0.717) is 36.8 Å². The largest absolute Gasteiger partial charge is 0.482 e. The van der Waals surface area contributed by atoms with Crippen molar-refractivity contribution in [2.45, 2.75) is 50.1 Å². The second-order valence-electron chi connectivity index (χ2n) is 8.14. The Bertz CT molecular complexity index is 804. The van der Waals surface area contributed by atoms with Crippen molar-refractivity contribution in [2.24, 2.45) is 0 Å². The summed E-state index contributed by atoms with van der Waals surface area (Å²) in [6.07, 6.45) is 5.12. The summed E-state index contributed by atoms with van der Waals surface area (Å²) in [6, 6.07) is 3.69. The van der Waals surface area contributed by atoms with Gasteiger partial charge in [-0.1, -0.05) is 22.0 Å². The molecule has 0 N–H and O–H groups in total. The van der Waals surface area contributed by atoms with Crippen molar-refractivity contribution < 1.29 is 23.8 Å². The molecule has 0 aliphatic carbocycles. The monoisotopic (exact) mass is 451 g/mol. The molecular formula is C21H26BrNO5. The SMILES string of the molecule is COC(=O)c1cc2c(cc1CBr)OC1(C=C2)CCN(C(=O)OC(C)(C)C)CC1. The van der Waals surface area contributed by atoms with Crippen LogP contribution in [0.25, 0.3) is 6.08 Å². The number of carbonyl (C=O) groups excluding carboxylic acids is 2. The average Bonchev–Trinajstić information content (AvgIpc) is 2.65. The van der Waals surface area contributed by atoms with Crippen LogP contribution >= 0.6 is 15.9 Å². The number of amides is 1. The summed E-state index contributed by atoms with van der Waals surface area (Å²) >= 11 is 3.43. The van der Waals surface area contributed by atoms with Gasteiger partial charge in [-0.15, -0.1) is 0 Å². The predicted octanol–water partition coefficient (Wildman–Crippen LogP) is 4.54. The van der Waals surface area contributed by atoms with Crippen LogP contribution in [0.3, 0.4) is 0 Å². The Kier molecular flexibility index (Phi) is 5.75. The molecule has 0 bridgehead atoms. The maximum absolute atomic E-state index is 12.3. The van der Waals surface area contributed by atoms with Gasteiger partial charge in [0.1, 0.15) is 17.0 Å². The lowest BCUT2D eigenvalue weighted by Crippen LogP contribution is -2.50. The number of carbonyl (C=O) groups is 2. The number of halogens is 1. The molecule has 2 aliphatic heterocycles. The second kappa shape index (κ2) is 7.78. The van der Waals surface area contributed by atoms with Gasteiger partial charge in [-0.05, 0) is 44.5 Å². The van der Waals surface area contributed by atoms with Crippen molar-refractivity contribution in [3.05, 3.63) is 34.9 Å². The van der Waals surface area contributed by atoms with Gasteiger partial charge in [0.15, 0.2) is 0 Å². The third-order valence-electron chi connectivity index (χ3n) is 4.93. The van der Waals surface area contributed by atoms with Crippen LogP contribution in [0.1, 0.15) is 55.1 Å². The molecule has 1 spiro atoms. The van der Waals surface area contributed by atoms with Crippen molar-refractivity contribution in [1.29, 1.82) is 0 Å². The van der Waals surface area contributed by atoms with Crippen LogP contribution in [0.15, 0.2) is 18.2 Å². The van der Waals surface area contributed by atoms with Crippen molar-refractivity contribution >= 4 is 34.1 Å². The van der Waals surface area contributed by atoms with Gasteiger partial charge in [0, 0.05) is 36.8 Å². The maximum atomic E-state index is 12.3. The number of piperidine rings is 1. The molecule has 152 valence electrons. The number of likely N-dealkylation sites (tertiary alicyclic amines) is 1. The Labute approximate surface area is 173 Å². The lowest BCUT2D eigenvalue weighted by molar-refractivity contribution is -0.00102. The van der Waals surface area contributed by atoms with Gasteiger partial charge in [-0.3, -0.25) is 0 Å². The molecule has 3 rings (SSSR count). The molecule has 1 fully saturated rings. The van der Waals surface area contributed by atoms with Crippen molar-refractivity contribution in [3.63, 3.8) is 0 Å². The highest BCUT2D eigenvalue weighted by atomic mass is 79.9. The molecule has 2 heterocycles. The molecule has 6 nitrogen and oxygen atoms in total. The highest BCUT2D eigenvalue weighted by molar-refractivity contribution is 9.08. The zero-order valence-electron chi connectivity index (χ0n) is 16.7. The number of hydrogen-bond acceptors (Lipinski definition) is 5. The van der Waals surface area contributed by atoms with Crippen LogP contribution in [0.5, 0.6) is 5.75 Å². The molecule has 0 aromatic heterocycles. The Morgan fingerprint density at radius 3 is 2.50 bits per heavy atom. The number of benzene rings is 1. The number of alkyl halides is 1. The van der Waals surface area contributed by atoms with Crippen LogP contribution < -0.4 is 4.74 Å². The summed E-state index contributed by atoms with van der Waals surface area (Å²) in [4.78, 5) is 26.0. The normalized spacial score (nSPS) is 17.7. The summed E-state index contributed by atoms with van der Waals surface area (Å²) in [5.74, 6) is 0.381. The zero-order chi connectivity index (χ0) is 20.5. The molecule has 0 atom stereocenters. The molecule has 0 radical (unpaired) electrons. The fraction of sp³-hybridized carbons (Fsp3) is 0.524. The van der Waals surface area contributed by atoms with Crippen LogP contribution in [-0.2, 0) is 14.8 Å². The van der Waals surface area contributed by atoms with Gasteiger partial charge in [-0.25, -0.2) is 9.59 Å². The van der Waals surface area contributed by atoms with Crippen molar-refractivity contribution in [3.8, 4) is 5.75 Å². The molecular weight excluding hydrogens is 426 g/mol. The summed E-state index contributed by atoms with van der Waals surface area (Å²) in [7, 11) is 1.37. The quantitative estimate of drug-likeness (QED) is 0.487. The predicted molar refractivity (Wildman–Crippen MR) is 110 cm³/mol. The van der Waals surface area contributed by atoms with Crippen LogP contribution in [0.2, 0.25) is 0 Å². The Morgan fingerprint density at radius 2 is 1.93 bits per heavy atom. The van der Waals surface area contributed by atoms with Gasteiger partial charge in [0.25, 0.3) is 0 Å². The average molecular weight is 452 g/mol. The highest BCUT2D eigenvalue weighted by Crippen LogP contribution is 2.39. The first-order chi connectivity index (χ1) is 13.2. The first-order valence-corrected chi connectivity index (χ1v) is 10.5. The third kappa shape index (κ3) is 4.35. The van der Waals surface area contributed by atoms with Crippen molar-refractivity contribution in [2.75, 3.05) is 20.2 Å². The summed E-state index contributed by atoms with van der Waals surface area (Å²) in [6.45, 7) is 6.74. The van der Waals surface area contributed by atoms with E-state index in [9.17, 15) is 9.59 Å². The van der Waals surface area contributed by atoms with E-state index in [-0.39, 0.29) is 12.1 Å². The minimum absolute atomic E-state index is 0.285. The van der Waals surface area contributed by atoms with Crippen molar-refractivity contribution in [1.82, 2.24) is 4.90 Å². The van der Waals surface area contributed by atoms with Gasteiger partial charge in [0.2, 0.25) is 0 Å². The molecule has 1 aromatic rings. The van der Waals surface area contributed by atoms with E-state index in [4.69, 9.17) is 14.2 Å². The first-order valence-electron chi connectivity index (χ1n) is 9.34. The standard InChI is InChI=1S/C21H26BrNO5/c1-20(2,3)28-19(25)23-9-7-21(8-10-23)6-5-14-11-16(18(24)26-4)15(13-22)12-17(14)27-21/h5-6,11-12H,7-10,13H2,1-4H3. The Morgan fingerprint density at radius 1 is 1.25 bits per heavy atom. The van der Waals surface area contributed by atoms with Crippen LogP contribution in [0.4, 0.5) is 4.79 Å². The molecule has 28 heavy (non-hydrogen) atoms. The van der Waals surface area contributed by atoms with Gasteiger partial charge in [-0.2, -0.15) is 0 Å². The lowest BCUT2D eigenvalue weighted by Gasteiger charge is -2.42. The number of nitrogens with zero attached hydrogens (tertiary/aromatic N) is 1. The lowest BCUT2D eigenvalue weighted by atomic mass is 9.87. The van der Waals surface area contributed by atoms with E-state index < -0.39 is 11.2 Å². The Balaban J connectivity index is 1.75. The van der Waals surface area contributed by atoms with E-state index in [1.54, 1.807) is 11.0 Å². The van der Waals surface area contributed by atoms with E-state index in [1.165, 1.54) is 7.11 Å². The number of rotatable bonds is 2. The number of methoxy groups -OCH3 is 1. The number of esters is 1. The van der Waals surface area contributed by atoms with Crippen LogP contribution in [0, 0.1) is 0 Å². The van der Waals surface area contributed by atoms with E-state index in [2.05, 4.69) is 15.9 Å². The number of fused-ring (bicyclic) bond motifs is 1. The van der Waals surface area contributed by atoms with Gasteiger partial charge >= 0.3 is 12.1 Å². The summed E-state index contributed by atoms with van der Waals surface area (Å²) in [5, 5.41) is 0.525. The minimum Gasteiger partial charge on any atom is -0.482 e. The molecule has 1 aromatic carbocycles. The Hall–Kier alpha value is -2.02. The highest BCUT2D eigenvalue weighted by Gasteiger charge is 2.39. The maximum Gasteiger partial charge on any atom is 0.410 e.